The molecule has 1 amide bonds. The highest BCUT2D eigenvalue weighted by Gasteiger charge is 2.20. The molecule has 1 aromatic heterocycles. The van der Waals surface area contributed by atoms with Gasteiger partial charge in [0, 0.05) is 51.2 Å². The van der Waals surface area contributed by atoms with Crippen LogP contribution in [0.2, 0.25) is 10.0 Å². The molecule has 9 heteroatoms. The number of carbonyl (C=O) groups is 1. The molecule has 0 aliphatic carbocycles. The van der Waals surface area contributed by atoms with E-state index < -0.39 is 0 Å². The van der Waals surface area contributed by atoms with E-state index in [1.165, 1.54) is 0 Å². The number of halogens is 3. The minimum Gasteiger partial charge on any atom is -0.497 e. The fourth-order valence-corrected chi connectivity index (χ4v) is 4.93. The van der Waals surface area contributed by atoms with E-state index in [1.54, 1.807) is 7.11 Å². The van der Waals surface area contributed by atoms with Crippen LogP contribution in [0.25, 0.3) is 11.3 Å². The molecule has 4 rings (SSSR count). The predicted molar refractivity (Wildman–Crippen MR) is 151 cm³/mol. The van der Waals surface area contributed by atoms with Crippen LogP contribution in [0.4, 0.5) is 5.69 Å². The molecule has 1 aliphatic rings. The van der Waals surface area contributed by atoms with Crippen molar-refractivity contribution in [3.8, 4) is 17.0 Å². The van der Waals surface area contributed by atoms with Gasteiger partial charge in [-0.2, -0.15) is 0 Å². The van der Waals surface area contributed by atoms with Gasteiger partial charge in [0.25, 0.3) is 5.91 Å². The van der Waals surface area contributed by atoms with Crippen LogP contribution >= 0.6 is 35.6 Å². The van der Waals surface area contributed by atoms with Crippen molar-refractivity contribution < 1.29 is 9.53 Å². The molecule has 194 valence electrons. The molecular weight excluding hydrogens is 519 g/mol. The van der Waals surface area contributed by atoms with E-state index >= 15 is 0 Å². The van der Waals surface area contributed by atoms with Crippen LogP contribution in [0.3, 0.4) is 0 Å². The minimum absolute atomic E-state index is 0. The summed E-state index contributed by atoms with van der Waals surface area (Å²) in [7, 11) is 3.64. The van der Waals surface area contributed by atoms with Gasteiger partial charge < -0.3 is 19.5 Å². The fraction of sp³-hybridized carbons (Fsp3) is 0.370. The van der Waals surface area contributed by atoms with E-state index in [1.807, 2.05) is 62.5 Å². The Labute approximate surface area is 229 Å². The number of ether oxygens (including phenoxy) is 1. The number of nitrogens with zero attached hydrogens (tertiary/aromatic N) is 3. The third-order valence-corrected chi connectivity index (χ3v) is 7.56. The van der Waals surface area contributed by atoms with Crippen LogP contribution in [-0.2, 0) is 7.05 Å². The molecular formula is C27H33Cl3N4O2. The SMILES string of the molecule is COc1ccc(-c2cc(C(=O)NCCCN3CCN(c4cccc(Cl)c4Cl)CC3)c(C)n2C)cc1.Cl. The largest absolute Gasteiger partial charge is 0.497 e. The van der Waals surface area contributed by atoms with Gasteiger partial charge in [-0.25, -0.2) is 0 Å². The van der Waals surface area contributed by atoms with Crippen LogP contribution in [0.1, 0.15) is 22.5 Å². The first-order chi connectivity index (χ1) is 16.9. The second-order valence-corrected chi connectivity index (χ2v) is 9.61. The number of benzene rings is 2. The monoisotopic (exact) mass is 550 g/mol. The van der Waals surface area contributed by atoms with Gasteiger partial charge in [0.15, 0.2) is 0 Å². The zero-order valence-corrected chi connectivity index (χ0v) is 23.2. The second kappa shape index (κ2) is 12.7. The first-order valence-electron chi connectivity index (χ1n) is 11.9. The molecule has 0 atom stereocenters. The van der Waals surface area contributed by atoms with Crippen LogP contribution in [-0.4, -0.2) is 61.8 Å². The zero-order valence-electron chi connectivity index (χ0n) is 20.9. The number of methoxy groups -OCH3 is 1. The van der Waals surface area contributed by atoms with Gasteiger partial charge >= 0.3 is 0 Å². The molecule has 2 heterocycles. The van der Waals surface area contributed by atoms with Crippen LogP contribution in [0.15, 0.2) is 48.5 Å². The summed E-state index contributed by atoms with van der Waals surface area (Å²) in [5.74, 6) is 0.783. The van der Waals surface area contributed by atoms with Crippen molar-refractivity contribution in [2.24, 2.45) is 7.05 Å². The third kappa shape index (κ3) is 6.30. The Balaban J connectivity index is 0.00000361. The molecule has 3 aromatic rings. The zero-order chi connectivity index (χ0) is 24.9. The van der Waals surface area contributed by atoms with E-state index in [9.17, 15) is 4.79 Å². The maximum Gasteiger partial charge on any atom is 0.253 e. The number of carbonyl (C=O) groups excluding carboxylic acids is 1. The first kappa shape index (κ1) is 28.2. The number of nitrogens with one attached hydrogen (secondary N) is 1. The Hall–Kier alpha value is -2.38. The van der Waals surface area contributed by atoms with Gasteiger partial charge in [0.05, 0.1) is 28.4 Å². The number of aromatic nitrogens is 1. The smallest absolute Gasteiger partial charge is 0.253 e. The summed E-state index contributed by atoms with van der Waals surface area (Å²) in [6.07, 6.45) is 0.904. The number of piperazine rings is 1. The van der Waals surface area contributed by atoms with Crippen molar-refractivity contribution in [2.75, 3.05) is 51.3 Å². The molecule has 1 fully saturated rings. The number of hydrogen-bond acceptors (Lipinski definition) is 4. The number of rotatable bonds is 8. The summed E-state index contributed by atoms with van der Waals surface area (Å²) >= 11 is 12.5. The van der Waals surface area contributed by atoms with E-state index in [0.29, 0.717) is 22.2 Å². The van der Waals surface area contributed by atoms with Crippen molar-refractivity contribution in [2.45, 2.75) is 13.3 Å². The highest BCUT2D eigenvalue weighted by molar-refractivity contribution is 6.43. The third-order valence-electron chi connectivity index (χ3n) is 6.75. The molecule has 1 saturated heterocycles. The Morgan fingerprint density at radius 1 is 1.06 bits per heavy atom. The molecule has 0 bridgehead atoms. The second-order valence-electron chi connectivity index (χ2n) is 8.83. The van der Waals surface area contributed by atoms with Crippen molar-refractivity contribution in [3.63, 3.8) is 0 Å². The van der Waals surface area contributed by atoms with E-state index in [2.05, 4.69) is 19.7 Å². The quantitative estimate of drug-likeness (QED) is 0.366. The maximum absolute atomic E-state index is 12.9. The molecule has 36 heavy (non-hydrogen) atoms. The van der Waals surface area contributed by atoms with Crippen LogP contribution in [0, 0.1) is 6.92 Å². The summed E-state index contributed by atoms with van der Waals surface area (Å²) in [6, 6.07) is 15.6. The highest BCUT2D eigenvalue weighted by Crippen LogP contribution is 2.33. The van der Waals surface area contributed by atoms with Gasteiger partial charge in [-0.3, -0.25) is 9.69 Å². The van der Waals surface area contributed by atoms with Crippen LogP contribution in [0.5, 0.6) is 5.75 Å². The molecule has 1 N–H and O–H groups in total. The summed E-state index contributed by atoms with van der Waals surface area (Å²) in [6.45, 7) is 7.30. The average Bonchev–Trinajstić information content (AvgIpc) is 3.18. The van der Waals surface area contributed by atoms with Gasteiger partial charge in [-0.15, -0.1) is 12.4 Å². The Morgan fingerprint density at radius 2 is 1.75 bits per heavy atom. The minimum atomic E-state index is -0.0294. The lowest BCUT2D eigenvalue weighted by Gasteiger charge is -2.36. The maximum atomic E-state index is 12.9. The Kier molecular flexibility index (Phi) is 9.97. The standard InChI is InChI=1S/C27H32Cl2N4O2.ClH/c1-19-22(18-25(31(19)2)20-8-10-21(35-3)11-9-20)27(34)30-12-5-13-32-14-16-33(17-15-32)24-7-4-6-23(28)26(24)29;/h4,6-11,18H,5,12-17H2,1-3H3,(H,30,34);1H. The highest BCUT2D eigenvalue weighted by atomic mass is 35.5. The van der Waals surface area contributed by atoms with E-state index in [4.69, 9.17) is 27.9 Å². The summed E-state index contributed by atoms with van der Waals surface area (Å²) in [5.41, 5.74) is 4.72. The number of anilines is 1. The lowest BCUT2D eigenvalue weighted by molar-refractivity contribution is 0.0950. The van der Waals surface area contributed by atoms with E-state index in [-0.39, 0.29) is 18.3 Å². The van der Waals surface area contributed by atoms with Crippen molar-refractivity contribution >= 4 is 47.2 Å². The molecule has 2 aromatic carbocycles. The van der Waals surface area contributed by atoms with Crippen molar-refractivity contribution in [1.82, 2.24) is 14.8 Å². The summed E-state index contributed by atoms with van der Waals surface area (Å²) in [5, 5.41) is 4.31. The van der Waals surface area contributed by atoms with Gasteiger partial charge in [0.2, 0.25) is 0 Å². The van der Waals surface area contributed by atoms with Crippen LogP contribution < -0.4 is 15.0 Å². The average molecular weight is 552 g/mol. The van der Waals surface area contributed by atoms with Crippen molar-refractivity contribution in [3.05, 3.63) is 69.8 Å². The fourth-order valence-electron chi connectivity index (χ4n) is 4.52. The topological polar surface area (TPSA) is 49.7 Å². The first-order valence-corrected chi connectivity index (χ1v) is 12.6. The number of hydrogen-bond donors (Lipinski definition) is 1. The Morgan fingerprint density at radius 3 is 2.42 bits per heavy atom. The summed E-state index contributed by atoms with van der Waals surface area (Å²) in [4.78, 5) is 17.6. The van der Waals surface area contributed by atoms with E-state index in [0.717, 1.165) is 67.5 Å². The molecule has 0 unspecified atom stereocenters. The van der Waals surface area contributed by atoms with Crippen molar-refractivity contribution in [1.29, 1.82) is 0 Å². The van der Waals surface area contributed by atoms with Gasteiger partial charge in [-0.05, 0) is 67.9 Å². The molecule has 1 aliphatic heterocycles. The normalized spacial score (nSPS) is 13.9. The van der Waals surface area contributed by atoms with Gasteiger partial charge in [-0.1, -0.05) is 29.3 Å². The molecule has 0 spiro atoms. The summed E-state index contributed by atoms with van der Waals surface area (Å²) < 4.78 is 7.31. The number of amides is 1. The molecule has 6 nitrogen and oxygen atoms in total. The molecule has 0 saturated carbocycles. The predicted octanol–water partition coefficient (Wildman–Crippen LogP) is 5.68. The molecule has 0 radical (unpaired) electrons. The van der Waals surface area contributed by atoms with Gasteiger partial charge in [0.1, 0.15) is 5.75 Å². The lowest BCUT2D eigenvalue weighted by Crippen LogP contribution is -2.47. The Bertz CT molecular complexity index is 1170. The lowest BCUT2D eigenvalue weighted by atomic mass is 10.1.